The zero-order chi connectivity index (χ0) is 5.98. The first-order valence-corrected chi connectivity index (χ1v) is 3.09. The van der Waals surface area contributed by atoms with Crippen LogP contribution in [-0.2, 0) is 4.74 Å². The fourth-order valence-corrected chi connectivity index (χ4v) is 1.04. The van der Waals surface area contributed by atoms with Crippen LogP contribution in [0.1, 0.15) is 13.3 Å². The second-order valence-corrected chi connectivity index (χ2v) is 2.47. The maximum absolute atomic E-state index is 5.07. The number of rotatable bonds is 1. The molecule has 1 rings (SSSR count). The maximum atomic E-state index is 5.07. The lowest BCUT2D eigenvalue weighted by Gasteiger charge is -2.04. The fourth-order valence-electron chi connectivity index (χ4n) is 1.04. The topological polar surface area (TPSA) is 21.3 Å². The van der Waals surface area contributed by atoms with Crippen molar-refractivity contribution in [3.8, 4) is 0 Å². The van der Waals surface area contributed by atoms with Gasteiger partial charge in [-0.15, -0.1) is 0 Å². The van der Waals surface area contributed by atoms with Gasteiger partial charge in [0.25, 0.3) is 0 Å². The fraction of sp³-hybridized carbons (Fsp3) is 1.00. The molecule has 0 saturated carbocycles. The molecule has 48 valence electrons. The summed E-state index contributed by atoms with van der Waals surface area (Å²) in [5.74, 6) is 0.792. The first-order chi connectivity index (χ1) is 3.83. The molecule has 1 aliphatic heterocycles. The molecule has 1 fully saturated rings. The Kier molecular flexibility index (Phi) is 1.86. The van der Waals surface area contributed by atoms with Gasteiger partial charge in [0.05, 0.1) is 0 Å². The highest BCUT2D eigenvalue weighted by Gasteiger charge is 2.18. The number of methoxy groups -OCH3 is 1. The number of nitrogens with one attached hydrogen (secondary N) is 1. The summed E-state index contributed by atoms with van der Waals surface area (Å²) in [5.41, 5.74) is 0. The Balaban J connectivity index is 2.22. The van der Waals surface area contributed by atoms with Crippen molar-refractivity contribution in [3.05, 3.63) is 0 Å². The molecule has 0 spiro atoms. The average Bonchev–Trinajstić information content (AvgIpc) is 2.14. The van der Waals surface area contributed by atoms with Gasteiger partial charge < -0.3 is 4.74 Å². The predicted octanol–water partition coefficient (Wildman–Crippen LogP) is 0.588. The SMILES string of the molecule is COC1CC(C)CN1. The van der Waals surface area contributed by atoms with Crippen molar-refractivity contribution in [2.75, 3.05) is 13.7 Å². The zero-order valence-electron chi connectivity index (χ0n) is 5.48. The minimum atomic E-state index is 0.324. The summed E-state index contributed by atoms with van der Waals surface area (Å²) < 4.78 is 5.07. The van der Waals surface area contributed by atoms with E-state index >= 15 is 0 Å². The van der Waals surface area contributed by atoms with Gasteiger partial charge in [0.1, 0.15) is 6.23 Å². The highest BCUT2D eigenvalue weighted by molar-refractivity contribution is 4.71. The molecule has 0 bridgehead atoms. The predicted molar refractivity (Wildman–Crippen MR) is 32.6 cm³/mol. The summed E-state index contributed by atoms with van der Waals surface area (Å²) in [6, 6.07) is 0. The van der Waals surface area contributed by atoms with E-state index in [2.05, 4.69) is 12.2 Å². The van der Waals surface area contributed by atoms with Crippen LogP contribution in [-0.4, -0.2) is 19.9 Å². The van der Waals surface area contributed by atoms with Crippen LogP contribution in [0.5, 0.6) is 0 Å². The molecule has 2 atom stereocenters. The second-order valence-electron chi connectivity index (χ2n) is 2.47. The normalized spacial score (nSPS) is 38.2. The van der Waals surface area contributed by atoms with Gasteiger partial charge in [-0.3, -0.25) is 5.32 Å². The molecule has 0 radical (unpaired) electrons. The third kappa shape index (κ3) is 1.20. The van der Waals surface area contributed by atoms with Crippen molar-refractivity contribution < 1.29 is 4.74 Å². The van der Waals surface area contributed by atoms with Crippen LogP contribution in [0.4, 0.5) is 0 Å². The highest BCUT2D eigenvalue weighted by atomic mass is 16.5. The van der Waals surface area contributed by atoms with E-state index in [4.69, 9.17) is 4.74 Å². The van der Waals surface area contributed by atoms with E-state index in [-0.39, 0.29) is 0 Å². The lowest BCUT2D eigenvalue weighted by molar-refractivity contribution is 0.0888. The van der Waals surface area contributed by atoms with Crippen LogP contribution < -0.4 is 5.32 Å². The smallest absolute Gasteiger partial charge is 0.108 e. The van der Waals surface area contributed by atoms with Crippen LogP contribution in [0.15, 0.2) is 0 Å². The van der Waals surface area contributed by atoms with Gasteiger partial charge in [-0.2, -0.15) is 0 Å². The Labute approximate surface area is 50.2 Å². The third-order valence-corrected chi connectivity index (χ3v) is 1.59. The molecule has 1 saturated heterocycles. The summed E-state index contributed by atoms with van der Waals surface area (Å²) in [4.78, 5) is 0. The summed E-state index contributed by atoms with van der Waals surface area (Å²) in [6.45, 7) is 3.34. The van der Waals surface area contributed by atoms with Crippen molar-refractivity contribution in [1.29, 1.82) is 0 Å². The van der Waals surface area contributed by atoms with Crippen LogP contribution in [0.25, 0.3) is 0 Å². The summed E-state index contributed by atoms with van der Waals surface area (Å²) in [6.07, 6.45) is 1.49. The van der Waals surface area contributed by atoms with Crippen molar-refractivity contribution in [2.24, 2.45) is 5.92 Å². The molecule has 0 amide bonds. The molecular formula is C6H13NO. The number of hydrogen-bond donors (Lipinski definition) is 1. The van der Waals surface area contributed by atoms with E-state index in [1.165, 1.54) is 0 Å². The third-order valence-electron chi connectivity index (χ3n) is 1.59. The summed E-state index contributed by atoms with van der Waals surface area (Å²) in [7, 11) is 1.75. The van der Waals surface area contributed by atoms with Gasteiger partial charge in [-0.05, 0) is 12.3 Å². The molecule has 8 heavy (non-hydrogen) atoms. The van der Waals surface area contributed by atoms with Gasteiger partial charge in [0.15, 0.2) is 0 Å². The van der Waals surface area contributed by atoms with Crippen LogP contribution in [0.2, 0.25) is 0 Å². The Bertz CT molecular complexity index is 74.9. The molecule has 0 aromatic carbocycles. The number of ether oxygens (including phenoxy) is 1. The molecule has 1 N–H and O–H groups in total. The highest BCUT2D eigenvalue weighted by Crippen LogP contribution is 2.11. The monoisotopic (exact) mass is 115 g/mol. The molecular weight excluding hydrogens is 102 g/mol. The van der Waals surface area contributed by atoms with Crippen molar-refractivity contribution in [1.82, 2.24) is 5.32 Å². The van der Waals surface area contributed by atoms with E-state index in [0.717, 1.165) is 18.9 Å². The van der Waals surface area contributed by atoms with Crippen LogP contribution in [0, 0.1) is 5.92 Å². The lowest BCUT2D eigenvalue weighted by atomic mass is 10.1. The van der Waals surface area contributed by atoms with E-state index < -0.39 is 0 Å². The Morgan fingerprint density at radius 2 is 2.38 bits per heavy atom. The molecule has 2 heteroatoms. The van der Waals surface area contributed by atoms with E-state index in [9.17, 15) is 0 Å². The summed E-state index contributed by atoms with van der Waals surface area (Å²) >= 11 is 0. The van der Waals surface area contributed by atoms with Crippen molar-refractivity contribution in [3.63, 3.8) is 0 Å². The minimum Gasteiger partial charge on any atom is -0.367 e. The molecule has 0 aromatic heterocycles. The number of hydrogen-bond acceptors (Lipinski definition) is 2. The van der Waals surface area contributed by atoms with Gasteiger partial charge in [-0.25, -0.2) is 0 Å². The Morgan fingerprint density at radius 3 is 2.62 bits per heavy atom. The first kappa shape index (κ1) is 6.05. The molecule has 1 aliphatic rings. The summed E-state index contributed by atoms with van der Waals surface area (Å²) in [5, 5.41) is 3.23. The zero-order valence-corrected chi connectivity index (χ0v) is 5.48. The Morgan fingerprint density at radius 1 is 1.62 bits per heavy atom. The largest absolute Gasteiger partial charge is 0.367 e. The van der Waals surface area contributed by atoms with Gasteiger partial charge >= 0.3 is 0 Å². The van der Waals surface area contributed by atoms with E-state index in [1.807, 2.05) is 0 Å². The van der Waals surface area contributed by atoms with Gasteiger partial charge in [-0.1, -0.05) is 6.92 Å². The van der Waals surface area contributed by atoms with E-state index in [1.54, 1.807) is 7.11 Å². The lowest BCUT2D eigenvalue weighted by Crippen LogP contribution is -2.22. The first-order valence-electron chi connectivity index (χ1n) is 3.09. The maximum Gasteiger partial charge on any atom is 0.108 e. The van der Waals surface area contributed by atoms with Crippen molar-refractivity contribution in [2.45, 2.75) is 19.6 Å². The minimum absolute atomic E-state index is 0.324. The molecule has 2 unspecified atom stereocenters. The molecule has 0 aliphatic carbocycles. The Hall–Kier alpha value is -0.0800. The van der Waals surface area contributed by atoms with Crippen LogP contribution in [0.3, 0.4) is 0 Å². The second kappa shape index (κ2) is 2.46. The quantitative estimate of drug-likeness (QED) is 0.540. The van der Waals surface area contributed by atoms with Gasteiger partial charge in [0.2, 0.25) is 0 Å². The van der Waals surface area contributed by atoms with Crippen LogP contribution >= 0.6 is 0 Å². The standard InChI is InChI=1S/C6H13NO/c1-5-3-6(8-2)7-4-5/h5-7H,3-4H2,1-2H3. The molecule has 1 heterocycles. The van der Waals surface area contributed by atoms with Crippen molar-refractivity contribution >= 4 is 0 Å². The molecule has 0 aromatic rings. The average molecular weight is 115 g/mol. The van der Waals surface area contributed by atoms with E-state index in [0.29, 0.717) is 6.23 Å². The van der Waals surface area contributed by atoms with Gasteiger partial charge in [0, 0.05) is 13.7 Å². The molecule has 2 nitrogen and oxygen atoms in total.